The predicted molar refractivity (Wildman–Crippen MR) is 75.2 cm³/mol. The number of nitrogens with one attached hydrogen (secondary N) is 1. The molecule has 0 amide bonds. The topological polar surface area (TPSA) is 63.8 Å². The minimum atomic E-state index is 0.613. The number of rotatable bonds is 5. The summed E-state index contributed by atoms with van der Waals surface area (Å²) in [6.07, 6.45) is 3.57. The molecule has 3 aromatic heterocycles. The molecule has 0 spiro atoms. The van der Waals surface area contributed by atoms with Crippen LogP contribution in [0.15, 0.2) is 28.2 Å². The summed E-state index contributed by atoms with van der Waals surface area (Å²) in [6, 6.07) is 4.05. The van der Waals surface area contributed by atoms with Gasteiger partial charge in [0.1, 0.15) is 0 Å². The third-order valence-electron chi connectivity index (χ3n) is 2.85. The Bertz CT molecular complexity index is 676. The molecule has 0 radical (unpaired) electrons. The highest BCUT2D eigenvalue weighted by molar-refractivity contribution is 7.17. The maximum absolute atomic E-state index is 5.25. The fourth-order valence-corrected chi connectivity index (χ4v) is 2.64. The fraction of sp³-hybridized carbons (Fsp3) is 0.308. The van der Waals surface area contributed by atoms with Crippen LogP contribution in [0.25, 0.3) is 21.6 Å². The second-order valence-electron chi connectivity index (χ2n) is 4.25. The Morgan fingerprint density at radius 1 is 1.42 bits per heavy atom. The van der Waals surface area contributed by atoms with Crippen LogP contribution in [-0.4, -0.2) is 28.7 Å². The molecule has 0 atom stereocenters. The van der Waals surface area contributed by atoms with Crippen molar-refractivity contribution < 1.29 is 4.52 Å². The molecule has 19 heavy (non-hydrogen) atoms. The summed E-state index contributed by atoms with van der Waals surface area (Å²) >= 11 is 1.66. The van der Waals surface area contributed by atoms with Crippen LogP contribution in [-0.2, 0) is 6.42 Å². The van der Waals surface area contributed by atoms with Crippen molar-refractivity contribution in [3.8, 4) is 11.4 Å². The third kappa shape index (κ3) is 2.64. The molecule has 0 saturated heterocycles. The van der Waals surface area contributed by atoms with Crippen LogP contribution in [0, 0.1) is 0 Å². The number of hydrogen-bond donors (Lipinski definition) is 1. The lowest BCUT2D eigenvalue weighted by molar-refractivity contribution is 0.375. The van der Waals surface area contributed by atoms with Crippen molar-refractivity contribution in [2.24, 2.45) is 0 Å². The van der Waals surface area contributed by atoms with Crippen LogP contribution >= 0.6 is 11.3 Å². The van der Waals surface area contributed by atoms with Crippen LogP contribution < -0.4 is 5.32 Å². The van der Waals surface area contributed by atoms with Gasteiger partial charge in [-0.05, 0) is 37.5 Å². The molecule has 0 aliphatic heterocycles. The number of hydrogen-bond acceptors (Lipinski definition) is 6. The molecule has 0 aromatic carbocycles. The summed E-state index contributed by atoms with van der Waals surface area (Å²) in [5, 5.41) is 9.14. The largest absolute Gasteiger partial charge is 0.339 e. The number of thiophene rings is 1. The summed E-state index contributed by atoms with van der Waals surface area (Å²) in [7, 11) is 1.93. The summed E-state index contributed by atoms with van der Waals surface area (Å²) in [4.78, 5) is 8.78. The lowest BCUT2D eigenvalue weighted by atomic mass is 10.2. The maximum atomic E-state index is 5.25. The number of nitrogens with zero attached hydrogens (tertiary/aromatic N) is 3. The SMILES string of the molecule is CNCCCc1nc(-c2cnc3ccsc3c2)no1. The number of aromatic nitrogens is 3. The zero-order valence-electron chi connectivity index (χ0n) is 10.6. The van der Waals surface area contributed by atoms with E-state index in [1.165, 1.54) is 0 Å². The van der Waals surface area contributed by atoms with Crippen LogP contribution in [0.2, 0.25) is 0 Å². The van der Waals surface area contributed by atoms with E-state index in [0.717, 1.165) is 35.2 Å². The van der Waals surface area contributed by atoms with Gasteiger partial charge in [-0.3, -0.25) is 4.98 Å². The van der Waals surface area contributed by atoms with Crippen LogP contribution in [0.3, 0.4) is 0 Å². The van der Waals surface area contributed by atoms with Crippen LogP contribution in [0.4, 0.5) is 0 Å². The molecular formula is C13H14N4OS. The summed E-state index contributed by atoms with van der Waals surface area (Å²) < 4.78 is 6.38. The van der Waals surface area contributed by atoms with Crippen molar-refractivity contribution in [2.45, 2.75) is 12.8 Å². The highest BCUT2D eigenvalue weighted by Crippen LogP contribution is 2.24. The Balaban J connectivity index is 1.81. The Kier molecular flexibility index (Phi) is 3.52. The summed E-state index contributed by atoms with van der Waals surface area (Å²) in [5.74, 6) is 1.29. The number of aryl methyl sites for hydroxylation is 1. The molecule has 6 heteroatoms. The van der Waals surface area contributed by atoms with Gasteiger partial charge in [0.15, 0.2) is 0 Å². The van der Waals surface area contributed by atoms with E-state index in [2.05, 4.69) is 26.5 Å². The van der Waals surface area contributed by atoms with E-state index in [-0.39, 0.29) is 0 Å². The van der Waals surface area contributed by atoms with Gasteiger partial charge in [0.2, 0.25) is 11.7 Å². The highest BCUT2D eigenvalue weighted by Gasteiger charge is 2.09. The standard InChI is InChI=1S/C13H14N4OS/c1-14-5-2-3-12-16-13(17-18-12)9-7-11-10(15-8-9)4-6-19-11/h4,6-8,14H,2-3,5H2,1H3. The summed E-state index contributed by atoms with van der Waals surface area (Å²) in [6.45, 7) is 0.945. The van der Waals surface area contributed by atoms with Gasteiger partial charge in [-0.15, -0.1) is 11.3 Å². The Hall–Kier alpha value is -1.79. The molecule has 0 saturated carbocycles. The van der Waals surface area contributed by atoms with E-state index in [0.29, 0.717) is 11.7 Å². The van der Waals surface area contributed by atoms with Gasteiger partial charge in [0.25, 0.3) is 0 Å². The van der Waals surface area contributed by atoms with Crippen molar-refractivity contribution in [2.75, 3.05) is 13.6 Å². The second kappa shape index (κ2) is 5.46. The Morgan fingerprint density at radius 3 is 3.26 bits per heavy atom. The quantitative estimate of drug-likeness (QED) is 0.724. The molecular weight excluding hydrogens is 260 g/mol. The number of fused-ring (bicyclic) bond motifs is 1. The number of pyridine rings is 1. The molecule has 5 nitrogen and oxygen atoms in total. The van der Waals surface area contributed by atoms with E-state index in [1.54, 1.807) is 17.5 Å². The third-order valence-corrected chi connectivity index (χ3v) is 3.70. The fourth-order valence-electron chi connectivity index (χ4n) is 1.86. The molecule has 3 aromatic rings. The van der Waals surface area contributed by atoms with Crippen molar-refractivity contribution in [3.05, 3.63) is 29.6 Å². The zero-order chi connectivity index (χ0) is 13.1. The molecule has 0 bridgehead atoms. The van der Waals surface area contributed by atoms with Gasteiger partial charge in [-0.25, -0.2) is 0 Å². The highest BCUT2D eigenvalue weighted by atomic mass is 32.1. The van der Waals surface area contributed by atoms with E-state index >= 15 is 0 Å². The molecule has 0 aliphatic rings. The smallest absolute Gasteiger partial charge is 0.227 e. The van der Waals surface area contributed by atoms with Crippen molar-refractivity contribution in [1.82, 2.24) is 20.4 Å². The first kappa shape index (κ1) is 12.3. The van der Waals surface area contributed by atoms with E-state index in [1.807, 2.05) is 18.5 Å². The van der Waals surface area contributed by atoms with Gasteiger partial charge < -0.3 is 9.84 Å². The first-order chi connectivity index (χ1) is 9.36. The lowest BCUT2D eigenvalue weighted by Gasteiger charge is -1.94. The minimum absolute atomic E-state index is 0.613. The second-order valence-corrected chi connectivity index (χ2v) is 5.19. The Morgan fingerprint density at radius 2 is 2.37 bits per heavy atom. The molecule has 1 N–H and O–H groups in total. The molecule has 3 heterocycles. The van der Waals surface area contributed by atoms with Gasteiger partial charge in [0.05, 0.1) is 10.2 Å². The van der Waals surface area contributed by atoms with E-state index < -0.39 is 0 Å². The normalized spacial score (nSPS) is 11.2. The first-order valence-corrected chi connectivity index (χ1v) is 7.05. The van der Waals surface area contributed by atoms with Gasteiger partial charge in [0, 0.05) is 18.2 Å². The zero-order valence-corrected chi connectivity index (χ0v) is 11.4. The minimum Gasteiger partial charge on any atom is -0.339 e. The maximum Gasteiger partial charge on any atom is 0.227 e. The predicted octanol–water partition coefficient (Wildman–Crippen LogP) is 2.50. The van der Waals surface area contributed by atoms with Gasteiger partial charge >= 0.3 is 0 Å². The Labute approximate surface area is 114 Å². The van der Waals surface area contributed by atoms with Crippen molar-refractivity contribution in [1.29, 1.82) is 0 Å². The van der Waals surface area contributed by atoms with E-state index in [4.69, 9.17) is 4.52 Å². The van der Waals surface area contributed by atoms with Gasteiger partial charge in [-0.1, -0.05) is 5.16 Å². The lowest BCUT2D eigenvalue weighted by Crippen LogP contribution is -2.08. The van der Waals surface area contributed by atoms with Crippen molar-refractivity contribution >= 4 is 21.6 Å². The molecule has 0 unspecified atom stereocenters. The van der Waals surface area contributed by atoms with Crippen LogP contribution in [0.1, 0.15) is 12.3 Å². The first-order valence-electron chi connectivity index (χ1n) is 6.17. The van der Waals surface area contributed by atoms with Gasteiger partial charge in [-0.2, -0.15) is 4.98 Å². The summed E-state index contributed by atoms with van der Waals surface area (Å²) in [5.41, 5.74) is 1.91. The molecule has 3 rings (SSSR count). The molecule has 0 aliphatic carbocycles. The van der Waals surface area contributed by atoms with Crippen LogP contribution in [0.5, 0.6) is 0 Å². The average Bonchev–Trinajstić information content (AvgIpc) is 3.06. The van der Waals surface area contributed by atoms with E-state index in [9.17, 15) is 0 Å². The monoisotopic (exact) mass is 274 g/mol. The van der Waals surface area contributed by atoms with Crippen molar-refractivity contribution in [3.63, 3.8) is 0 Å². The molecule has 98 valence electrons. The average molecular weight is 274 g/mol. The molecule has 0 fully saturated rings.